The van der Waals surface area contributed by atoms with Gasteiger partial charge in [-0.25, -0.2) is 0 Å². The molecule has 0 spiro atoms. The predicted molar refractivity (Wildman–Crippen MR) is 87.1 cm³/mol. The Morgan fingerprint density at radius 2 is 2.00 bits per heavy atom. The minimum Gasteiger partial charge on any atom is -0.493 e. The van der Waals surface area contributed by atoms with Crippen molar-refractivity contribution < 1.29 is 4.74 Å². The number of benzene rings is 2. The summed E-state index contributed by atoms with van der Waals surface area (Å²) in [5.41, 5.74) is 4.23. The third kappa shape index (κ3) is 3.64. The summed E-state index contributed by atoms with van der Waals surface area (Å²) >= 11 is 0. The summed E-state index contributed by atoms with van der Waals surface area (Å²) in [5, 5.41) is 3.49. The Hall–Kier alpha value is -1.80. The number of fused-ring (bicyclic) bond motifs is 1. The number of rotatable bonds is 4. The van der Waals surface area contributed by atoms with Gasteiger partial charge in [-0.1, -0.05) is 43.3 Å². The summed E-state index contributed by atoms with van der Waals surface area (Å²) in [6.45, 7) is 5.15. The van der Waals surface area contributed by atoms with Gasteiger partial charge in [0.05, 0.1) is 6.61 Å². The minimum absolute atomic E-state index is 0.584. The standard InChI is InChI=1S/C19H23NO/c1-15-14-20-11-9-17-13-18(7-8-19(15)17)21-12-10-16-5-3-2-4-6-16/h2-8,13,15,20H,9-12,14H2,1H3. The van der Waals surface area contributed by atoms with Gasteiger partial charge in [0, 0.05) is 13.0 Å². The Morgan fingerprint density at radius 3 is 2.86 bits per heavy atom. The van der Waals surface area contributed by atoms with Crippen LogP contribution in [0.5, 0.6) is 5.75 Å². The lowest BCUT2D eigenvalue weighted by Crippen LogP contribution is -2.18. The van der Waals surface area contributed by atoms with Gasteiger partial charge in [0.15, 0.2) is 0 Å². The molecule has 0 amide bonds. The Labute approximate surface area is 127 Å². The van der Waals surface area contributed by atoms with Gasteiger partial charge in [0.1, 0.15) is 5.75 Å². The molecule has 0 aliphatic carbocycles. The summed E-state index contributed by atoms with van der Waals surface area (Å²) < 4.78 is 5.93. The molecular weight excluding hydrogens is 258 g/mol. The monoisotopic (exact) mass is 281 g/mol. The molecule has 1 unspecified atom stereocenters. The fourth-order valence-electron chi connectivity index (χ4n) is 2.95. The quantitative estimate of drug-likeness (QED) is 0.925. The Morgan fingerprint density at radius 1 is 1.14 bits per heavy atom. The molecule has 2 heteroatoms. The highest BCUT2D eigenvalue weighted by Gasteiger charge is 2.14. The van der Waals surface area contributed by atoms with Gasteiger partial charge in [-0.2, -0.15) is 0 Å². The molecule has 0 radical (unpaired) electrons. The summed E-state index contributed by atoms with van der Waals surface area (Å²) in [5.74, 6) is 1.58. The lowest BCUT2D eigenvalue weighted by Gasteiger charge is -2.14. The van der Waals surface area contributed by atoms with E-state index in [4.69, 9.17) is 4.74 Å². The summed E-state index contributed by atoms with van der Waals surface area (Å²) in [6.07, 6.45) is 2.05. The molecule has 1 heterocycles. The fraction of sp³-hybridized carbons (Fsp3) is 0.368. The van der Waals surface area contributed by atoms with Crippen LogP contribution in [0.2, 0.25) is 0 Å². The Bertz CT molecular complexity index is 579. The van der Waals surface area contributed by atoms with Crippen molar-refractivity contribution in [3.63, 3.8) is 0 Å². The van der Waals surface area contributed by atoms with E-state index < -0.39 is 0 Å². The molecule has 0 bridgehead atoms. The molecule has 0 fully saturated rings. The predicted octanol–water partition coefficient (Wildman–Crippen LogP) is 3.56. The third-order valence-electron chi connectivity index (χ3n) is 4.17. The van der Waals surface area contributed by atoms with Crippen LogP contribution >= 0.6 is 0 Å². The molecule has 1 N–H and O–H groups in total. The first kappa shape index (κ1) is 14.2. The molecule has 2 aromatic rings. The van der Waals surface area contributed by atoms with Crippen LogP contribution in [0.1, 0.15) is 29.5 Å². The normalized spacial score (nSPS) is 17.9. The number of ether oxygens (including phenoxy) is 1. The van der Waals surface area contributed by atoms with Crippen molar-refractivity contribution in [2.24, 2.45) is 0 Å². The average molecular weight is 281 g/mol. The van der Waals surface area contributed by atoms with Gasteiger partial charge < -0.3 is 10.1 Å². The molecule has 0 saturated heterocycles. The molecule has 110 valence electrons. The first-order chi connectivity index (χ1) is 10.3. The van der Waals surface area contributed by atoms with Crippen LogP contribution in [0.15, 0.2) is 48.5 Å². The lowest BCUT2D eigenvalue weighted by atomic mass is 9.95. The van der Waals surface area contributed by atoms with Crippen LogP contribution in [0, 0.1) is 0 Å². The zero-order valence-corrected chi connectivity index (χ0v) is 12.6. The minimum atomic E-state index is 0.584. The topological polar surface area (TPSA) is 21.3 Å². The van der Waals surface area contributed by atoms with E-state index in [9.17, 15) is 0 Å². The van der Waals surface area contributed by atoms with Crippen LogP contribution in [-0.4, -0.2) is 19.7 Å². The Balaban J connectivity index is 1.63. The average Bonchev–Trinajstić information content (AvgIpc) is 2.70. The molecule has 21 heavy (non-hydrogen) atoms. The van der Waals surface area contributed by atoms with Gasteiger partial charge in [0.25, 0.3) is 0 Å². The molecule has 3 rings (SSSR count). The van der Waals surface area contributed by atoms with Crippen molar-refractivity contribution in [1.29, 1.82) is 0 Å². The van der Waals surface area contributed by atoms with Gasteiger partial charge in [-0.05, 0) is 47.7 Å². The molecule has 1 aliphatic rings. The van der Waals surface area contributed by atoms with Crippen molar-refractivity contribution >= 4 is 0 Å². The first-order valence-corrected chi connectivity index (χ1v) is 7.83. The lowest BCUT2D eigenvalue weighted by molar-refractivity contribution is 0.321. The van der Waals surface area contributed by atoms with Gasteiger partial charge in [-0.3, -0.25) is 0 Å². The second-order valence-electron chi connectivity index (χ2n) is 5.80. The summed E-state index contributed by atoms with van der Waals surface area (Å²) in [4.78, 5) is 0. The van der Waals surface area contributed by atoms with E-state index in [1.54, 1.807) is 0 Å². The van der Waals surface area contributed by atoms with Crippen molar-refractivity contribution in [2.75, 3.05) is 19.7 Å². The van der Waals surface area contributed by atoms with E-state index in [1.165, 1.54) is 16.7 Å². The molecule has 2 aromatic carbocycles. The van der Waals surface area contributed by atoms with E-state index in [2.05, 4.69) is 54.7 Å². The van der Waals surface area contributed by atoms with E-state index in [-0.39, 0.29) is 0 Å². The van der Waals surface area contributed by atoms with Crippen molar-refractivity contribution in [2.45, 2.75) is 25.7 Å². The molecule has 1 atom stereocenters. The maximum Gasteiger partial charge on any atom is 0.119 e. The smallest absolute Gasteiger partial charge is 0.119 e. The molecule has 0 aromatic heterocycles. The molecule has 1 aliphatic heterocycles. The van der Waals surface area contributed by atoms with Gasteiger partial charge in [0.2, 0.25) is 0 Å². The molecular formula is C19H23NO. The SMILES string of the molecule is CC1CNCCc2cc(OCCc3ccccc3)ccc21. The fourth-order valence-corrected chi connectivity index (χ4v) is 2.95. The van der Waals surface area contributed by atoms with Crippen LogP contribution in [0.25, 0.3) is 0 Å². The van der Waals surface area contributed by atoms with Gasteiger partial charge in [-0.15, -0.1) is 0 Å². The zero-order chi connectivity index (χ0) is 14.5. The number of hydrogen-bond donors (Lipinski definition) is 1. The summed E-state index contributed by atoms with van der Waals surface area (Å²) in [6, 6.07) is 17.1. The maximum absolute atomic E-state index is 5.93. The molecule has 2 nitrogen and oxygen atoms in total. The number of hydrogen-bond acceptors (Lipinski definition) is 2. The van der Waals surface area contributed by atoms with Crippen LogP contribution < -0.4 is 10.1 Å². The van der Waals surface area contributed by atoms with E-state index in [1.807, 2.05) is 6.07 Å². The highest BCUT2D eigenvalue weighted by atomic mass is 16.5. The van der Waals surface area contributed by atoms with Crippen LogP contribution in [-0.2, 0) is 12.8 Å². The largest absolute Gasteiger partial charge is 0.493 e. The van der Waals surface area contributed by atoms with Crippen LogP contribution in [0.4, 0.5) is 0 Å². The first-order valence-electron chi connectivity index (χ1n) is 7.83. The summed E-state index contributed by atoms with van der Waals surface area (Å²) in [7, 11) is 0. The van der Waals surface area contributed by atoms with E-state index in [0.29, 0.717) is 5.92 Å². The van der Waals surface area contributed by atoms with Crippen LogP contribution in [0.3, 0.4) is 0 Å². The van der Waals surface area contributed by atoms with Gasteiger partial charge >= 0.3 is 0 Å². The Kier molecular flexibility index (Phi) is 4.56. The van der Waals surface area contributed by atoms with E-state index in [0.717, 1.165) is 38.3 Å². The second-order valence-corrected chi connectivity index (χ2v) is 5.80. The second kappa shape index (κ2) is 6.77. The third-order valence-corrected chi connectivity index (χ3v) is 4.17. The zero-order valence-electron chi connectivity index (χ0n) is 12.6. The van der Waals surface area contributed by atoms with Crippen molar-refractivity contribution in [1.82, 2.24) is 5.32 Å². The highest BCUT2D eigenvalue weighted by Crippen LogP contribution is 2.26. The number of nitrogens with one attached hydrogen (secondary N) is 1. The van der Waals surface area contributed by atoms with Crippen molar-refractivity contribution in [3.8, 4) is 5.75 Å². The highest BCUT2D eigenvalue weighted by molar-refractivity contribution is 5.38. The van der Waals surface area contributed by atoms with Crippen molar-refractivity contribution in [3.05, 3.63) is 65.2 Å². The molecule has 0 saturated carbocycles. The maximum atomic E-state index is 5.93. The van der Waals surface area contributed by atoms with E-state index >= 15 is 0 Å².